The second kappa shape index (κ2) is 5.70. The molecule has 1 aromatic rings. The van der Waals surface area contributed by atoms with Gasteiger partial charge in [0, 0.05) is 25.2 Å². The van der Waals surface area contributed by atoms with Crippen molar-refractivity contribution in [3.63, 3.8) is 0 Å². The van der Waals surface area contributed by atoms with Crippen molar-refractivity contribution < 1.29 is 4.79 Å². The Morgan fingerprint density at radius 1 is 1.47 bits per heavy atom. The van der Waals surface area contributed by atoms with Crippen LogP contribution in [-0.4, -0.2) is 28.4 Å². The fourth-order valence-electron chi connectivity index (χ4n) is 2.62. The summed E-state index contributed by atoms with van der Waals surface area (Å²) < 4.78 is 0. The molecular weight excluding hydrogens is 238 g/mol. The maximum Gasteiger partial charge on any atom is 0.223 e. The molecule has 0 aliphatic carbocycles. The lowest BCUT2D eigenvalue weighted by Gasteiger charge is -2.40. The van der Waals surface area contributed by atoms with E-state index in [4.69, 9.17) is 5.73 Å². The fraction of sp³-hybridized carbons (Fsp3) is 0.600. The van der Waals surface area contributed by atoms with Gasteiger partial charge in [-0.25, -0.2) is 0 Å². The molecule has 1 fully saturated rings. The van der Waals surface area contributed by atoms with E-state index in [0.29, 0.717) is 12.3 Å². The average Bonchev–Trinajstić information content (AvgIpc) is 2.35. The minimum atomic E-state index is -0.0794. The van der Waals surface area contributed by atoms with E-state index in [9.17, 15) is 4.79 Å². The lowest BCUT2D eigenvalue weighted by atomic mass is 9.92. The number of likely N-dealkylation sites (tertiary alicyclic amines) is 1. The highest BCUT2D eigenvalue weighted by Crippen LogP contribution is 2.30. The van der Waals surface area contributed by atoms with Crippen molar-refractivity contribution in [3.8, 4) is 0 Å². The quantitative estimate of drug-likeness (QED) is 0.905. The molecule has 1 amide bonds. The number of nitrogens with two attached hydrogens (primary N) is 1. The number of aromatic nitrogens is 1. The van der Waals surface area contributed by atoms with Crippen molar-refractivity contribution in [1.82, 2.24) is 9.88 Å². The first kappa shape index (κ1) is 14.0. The highest BCUT2D eigenvalue weighted by Gasteiger charge is 2.35. The number of piperidine rings is 1. The van der Waals surface area contributed by atoms with Gasteiger partial charge in [-0.3, -0.25) is 9.78 Å². The maximum absolute atomic E-state index is 12.2. The summed E-state index contributed by atoms with van der Waals surface area (Å²) in [5.41, 5.74) is 8.27. The molecule has 2 unspecified atom stereocenters. The van der Waals surface area contributed by atoms with Gasteiger partial charge in [-0.1, -0.05) is 19.9 Å². The minimum Gasteiger partial charge on any atom is -0.332 e. The van der Waals surface area contributed by atoms with Crippen molar-refractivity contribution in [2.75, 3.05) is 6.54 Å². The van der Waals surface area contributed by atoms with Gasteiger partial charge in [0.2, 0.25) is 5.91 Å². The Morgan fingerprint density at radius 2 is 2.21 bits per heavy atom. The van der Waals surface area contributed by atoms with Crippen LogP contribution in [-0.2, 0) is 4.79 Å². The summed E-state index contributed by atoms with van der Waals surface area (Å²) in [6.07, 6.45) is 3.14. The molecule has 19 heavy (non-hydrogen) atoms. The normalized spacial score (nSPS) is 24.1. The van der Waals surface area contributed by atoms with Crippen molar-refractivity contribution in [3.05, 3.63) is 29.6 Å². The molecule has 2 rings (SSSR count). The van der Waals surface area contributed by atoms with Gasteiger partial charge >= 0.3 is 0 Å². The molecule has 4 nitrogen and oxygen atoms in total. The molecule has 0 radical (unpaired) electrons. The zero-order valence-corrected chi connectivity index (χ0v) is 12.0. The fourth-order valence-corrected chi connectivity index (χ4v) is 2.62. The van der Waals surface area contributed by atoms with Crippen LogP contribution in [0.15, 0.2) is 18.3 Å². The zero-order chi connectivity index (χ0) is 14.0. The molecule has 1 aliphatic heterocycles. The summed E-state index contributed by atoms with van der Waals surface area (Å²) in [4.78, 5) is 18.6. The highest BCUT2D eigenvalue weighted by atomic mass is 16.2. The third-order valence-electron chi connectivity index (χ3n) is 3.55. The summed E-state index contributed by atoms with van der Waals surface area (Å²) in [7, 11) is 0. The van der Waals surface area contributed by atoms with Crippen LogP contribution in [0.4, 0.5) is 0 Å². The number of carbonyl (C=O) groups excluding carboxylic acids is 1. The van der Waals surface area contributed by atoms with E-state index >= 15 is 0 Å². The smallest absolute Gasteiger partial charge is 0.223 e. The third kappa shape index (κ3) is 3.13. The van der Waals surface area contributed by atoms with Gasteiger partial charge in [-0.15, -0.1) is 0 Å². The number of carbonyl (C=O) groups is 1. The number of hydrogen-bond acceptors (Lipinski definition) is 3. The second-order valence-corrected chi connectivity index (χ2v) is 5.85. The molecule has 2 atom stereocenters. The zero-order valence-electron chi connectivity index (χ0n) is 12.0. The van der Waals surface area contributed by atoms with E-state index in [1.54, 1.807) is 0 Å². The lowest BCUT2D eigenvalue weighted by molar-refractivity contribution is -0.138. The van der Waals surface area contributed by atoms with Crippen LogP contribution < -0.4 is 5.73 Å². The largest absolute Gasteiger partial charge is 0.332 e. The molecule has 104 valence electrons. The number of nitrogens with zero attached hydrogens (tertiary/aromatic N) is 2. The van der Waals surface area contributed by atoms with Crippen molar-refractivity contribution in [1.29, 1.82) is 0 Å². The molecule has 1 aromatic heterocycles. The predicted octanol–water partition coefficient (Wildman–Crippen LogP) is 2.04. The van der Waals surface area contributed by atoms with Crippen LogP contribution in [0.5, 0.6) is 0 Å². The summed E-state index contributed by atoms with van der Waals surface area (Å²) in [5, 5.41) is 0. The molecular formula is C15H23N3O. The predicted molar refractivity (Wildman–Crippen MR) is 75.5 cm³/mol. The van der Waals surface area contributed by atoms with E-state index in [1.165, 1.54) is 0 Å². The summed E-state index contributed by atoms with van der Waals surface area (Å²) >= 11 is 0. The molecule has 4 heteroatoms. The van der Waals surface area contributed by atoms with Crippen molar-refractivity contribution >= 4 is 5.91 Å². The van der Waals surface area contributed by atoms with Gasteiger partial charge in [0.1, 0.15) is 0 Å². The van der Waals surface area contributed by atoms with E-state index in [1.807, 2.05) is 30.2 Å². The topological polar surface area (TPSA) is 59.2 Å². The average molecular weight is 261 g/mol. The van der Waals surface area contributed by atoms with Crippen LogP contribution in [0, 0.1) is 12.8 Å². The summed E-state index contributed by atoms with van der Waals surface area (Å²) in [6, 6.07) is 3.92. The van der Waals surface area contributed by atoms with Gasteiger partial charge < -0.3 is 10.6 Å². The Hall–Kier alpha value is -1.42. The first-order valence-corrected chi connectivity index (χ1v) is 6.96. The SMILES string of the molecule is Cc1ccc(C2C(N)CCC(=O)N2CC(C)C)nc1. The summed E-state index contributed by atoms with van der Waals surface area (Å²) in [5.74, 6) is 0.630. The van der Waals surface area contributed by atoms with Gasteiger partial charge in [0.15, 0.2) is 0 Å². The van der Waals surface area contributed by atoms with Crippen LogP contribution >= 0.6 is 0 Å². The highest BCUT2D eigenvalue weighted by molar-refractivity contribution is 5.77. The Kier molecular flexibility index (Phi) is 4.20. The number of hydrogen-bond donors (Lipinski definition) is 1. The minimum absolute atomic E-state index is 0.0216. The molecule has 1 saturated heterocycles. The summed E-state index contributed by atoms with van der Waals surface area (Å²) in [6.45, 7) is 6.99. The van der Waals surface area contributed by atoms with Gasteiger partial charge in [0.25, 0.3) is 0 Å². The van der Waals surface area contributed by atoms with E-state index in [2.05, 4.69) is 18.8 Å². The third-order valence-corrected chi connectivity index (χ3v) is 3.55. The van der Waals surface area contributed by atoms with Crippen LogP contribution in [0.2, 0.25) is 0 Å². The van der Waals surface area contributed by atoms with Gasteiger partial charge in [-0.2, -0.15) is 0 Å². The lowest BCUT2D eigenvalue weighted by Crippen LogP contribution is -2.50. The molecule has 0 aromatic carbocycles. The Balaban J connectivity index is 2.30. The Labute approximate surface area is 115 Å². The first-order valence-electron chi connectivity index (χ1n) is 6.96. The number of amides is 1. The van der Waals surface area contributed by atoms with E-state index in [-0.39, 0.29) is 18.0 Å². The number of rotatable bonds is 3. The molecule has 0 saturated carbocycles. The standard InChI is InChI=1S/C15H23N3O/c1-10(2)9-18-14(19)7-5-12(16)15(18)13-6-4-11(3)8-17-13/h4,6,8,10,12,15H,5,7,9,16H2,1-3H3. The van der Waals surface area contributed by atoms with Crippen molar-refractivity contribution in [2.45, 2.75) is 45.7 Å². The maximum atomic E-state index is 12.2. The van der Waals surface area contributed by atoms with Crippen molar-refractivity contribution in [2.24, 2.45) is 11.7 Å². The Morgan fingerprint density at radius 3 is 2.79 bits per heavy atom. The van der Waals surface area contributed by atoms with Crippen LogP contribution in [0.25, 0.3) is 0 Å². The molecule has 2 N–H and O–H groups in total. The van der Waals surface area contributed by atoms with E-state index < -0.39 is 0 Å². The molecule has 0 bridgehead atoms. The monoisotopic (exact) mass is 261 g/mol. The van der Waals surface area contributed by atoms with Crippen LogP contribution in [0.1, 0.15) is 44.0 Å². The Bertz CT molecular complexity index is 441. The van der Waals surface area contributed by atoms with Gasteiger partial charge in [-0.05, 0) is 30.9 Å². The first-order chi connectivity index (χ1) is 8.99. The van der Waals surface area contributed by atoms with E-state index in [0.717, 1.165) is 24.2 Å². The van der Waals surface area contributed by atoms with Crippen LogP contribution in [0.3, 0.4) is 0 Å². The number of aryl methyl sites for hydroxylation is 1. The molecule has 1 aliphatic rings. The molecule has 0 spiro atoms. The second-order valence-electron chi connectivity index (χ2n) is 5.85. The molecule has 2 heterocycles. The van der Waals surface area contributed by atoms with Gasteiger partial charge in [0.05, 0.1) is 11.7 Å². The number of pyridine rings is 1.